The molecule has 1 aliphatic heterocycles. The standard InChI is InChI=1S/C19H36O4/c1-3-5-6-7-8-9-10-11-12-14-18(20)23-17-15-21-19(13-4-2)22-16-17/h17,19H,3-16H2,1-2H3. The van der Waals surface area contributed by atoms with Gasteiger partial charge in [0.05, 0.1) is 13.2 Å². The summed E-state index contributed by atoms with van der Waals surface area (Å²) in [5, 5.41) is 0. The van der Waals surface area contributed by atoms with E-state index in [0.29, 0.717) is 19.6 Å². The number of esters is 1. The molecule has 1 aliphatic rings. The molecule has 0 atom stereocenters. The van der Waals surface area contributed by atoms with Gasteiger partial charge in [-0.1, -0.05) is 71.6 Å². The van der Waals surface area contributed by atoms with Crippen LogP contribution in [0.15, 0.2) is 0 Å². The van der Waals surface area contributed by atoms with Crippen LogP contribution in [0.25, 0.3) is 0 Å². The van der Waals surface area contributed by atoms with Crippen molar-refractivity contribution >= 4 is 5.97 Å². The molecule has 0 aliphatic carbocycles. The van der Waals surface area contributed by atoms with Crippen molar-refractivity contribution in [2.75, 3.05) is 13.2 Å². The molecule has 0 aromatic rings. The van der Waals surface area contributed by atoms with Gasteiger partial charge in [-0.2, -0.15) is 0 Å². The lowest BCUT2D eigenvalue weighted by atomic mass is 10.1. The Hall–Kier alpha value is -0.610. The highest BCUT2D eigenvalue weighted by Gasteiger charge is 2.24. The topological polar surface area (TPSA) is 44.8 Å². The third-order valence-corrected chi connectivity index (χ3v) is 4.24. The maximum Gasteiger partial charge on any atom is 0.306 e. The maximum absolute atomic E-state index is 11.8. The molecule has 4 nitrogen and oxygen atoms in total. The van der Waals surface area contributed by atoms with Gasteiger partial charge in [0.1, 0.15) is 6.10 Å². The van der Waals surface area contributed by atoms with Gasteiger partial charge in [0.25, 0.3) is 0 Å². The molecule has 0 bridgehead atoms. The lowest BCUT2D eigenvalue weighted by molar-refractivity contribution is -0.227. The Labute approximate surface area is 142 Å². The largest absolute Gasteiger partial charge is 0.457 e. The highest BCUT2D eigenvalue weighted by Crippen LogP contribution is 2.14. The second-order valence-corrected chi connectivity index (χ2v) is 6.58. The average Bonchev–Trinajstić information content (AvgIpc) is 2.55. The van der Waals surface area contributed by atoms with Crippen molar-refractivity contribution in [1.29, 1.82) is 0 Å². The quantitative estimate of drug-likeness (QED) is 0.353. The smallest absolute Gasteiger partial charge is 0.306 e. The maximum atomic E-state index is 11.8. The Bertz CT molecular complexity index is 285. The van der Waals surface area contributed by atoms with E-state index in [4.69, 9.17) is 14.2 Å². The van der Waals surface area contributed by atoms with Gasteiger partial charge in [0.2, 0.25) is 0 Å². The molecule has 1 heterocycles. The average molecular weight is 328 g/mol. The second kappa shape index (κ2) is 13.8. The number of hydrogen-bond donors (Lipinski definition) is 0. The van der Waals surface area contributed by atoms with Crippen LogP contribution < -0.4 is 0 Å². The van der Waals surface area contributed by atoms with Crippen LogP contribution in [-0.4, -0.2) is 31.6 Å². The summed E-state index contributed by atoms with van der Waals surface area (Å²) in [7, 11) is 0. The Kier molecular flexibility index (Phi) is 12.3. The predicted molar refractivity (Wildman–Crippen MR) is 92.3 cm³/mol. The molecule has 0 aromatic carbocycles. The van der Waals surface area contributed by atoms with Crippen LogP contribution in [0.5, 0.6) is 0 Å². The SMILES string of the molecule is CCCCCCCCCCCC(=O)OC1COC(CCC)OC1. The second-order valence-electron chi connectivity index (χ2n) is 6.58. The fraction of sp³-hybridized carbons (Fsp3) is 0.947. The van der Waals surface area contributed by atoms with Crippen molar-refractivity contribution in [3.63, 3.8) is 0 Å². The molecule has 0 N–H and O–H groups in total. The molecule has 4 heteroatoms. The highest BCUT2D eigenvalue weighted by molar-refractivity contribution is 5.69. The molecule has 0 aromatic heterocycles. The van der Waals surface area contributed by atoms with Gasteiger partial charge in [0.15, 0.2) is 6.29 Å². The third kappa shape index (κ3) is 10.7. The first-order valence-corrected chi connectivity index (χ1v) is 9.69. The Morgan fingerprint density at radius 3 is 2.00 bits per heavy atom. The van der Waals surface area contributed by atoms with Gasteiger partial charge < -0.3 is 14.2 Å². The molecule has 1 fully saturated rings. The molecule has 0 saturated carbocycles. The molecule has 1 rings (SSSR count). The molecule has 23 heavy (non-hydrogen) atoms. The monoisotopic (exact) mass is 328 g/mol. The molecule has 0 spiro atoms. The van der Waals surface area contributed by atoms with Crippen molar-refractivity contribution in [2.24, 2.45) is 0 Å². The summed E-state index contributed by atoms with van der Waals surface area (Å²) in [6, 6.07) is 0. The van der Waals surface area contributed by atoms with E-state index in [2.05, 4.69) is 13.8 Å². The summed E-state index contributed by atoms with van der Waals surface area (Å²) in [5.74, 6) is -0.112. The van der Waals surface area contributed by atoms with E-state index in [0.717, 1.165) is 25.7 Å². The fourth-order valence-electron chi connectivity index (χ4n) is 2.82. The van der Waals surface area contributed by atoms with Crippen LogP contribution in [0.3, 0.4) is 0 Å². The summed E-state index contributed by atoms with van der Waals surface area (Å²) < 4.78 is 16.5. The van der Waals surface area contributed by atoms with E-state index in [1.54, 1.807) is 0 Å². The van der Waals surface area contributed by atoms with Crippen molar-refractivity contribution in [3.8, 4) is 0 Å². The minimum absolute atomic E-state index is 0.112. The molecular formula is C19H36O4. The van der Waals surface area contributed by atoms with Crippen LogP contribution in [0, 0.1) is 0 Å². The van der Waals surface area contributed by atoms with E-state index in [1.807, 2.05) is 0 Å². The number of ether oxygens (including phenoxy) is 3. The van der Waals surface area contributed by atoms with Crippen molar-refractivity contribution in [2.45, 2.75) is 103 Å². The van der Waals surface area contributed by atoms with Crippen LogP contribution in [0.4, 0.5) is 0 Å². The fourth-order valence-corrected chi connectivity index (χ4v) is 2.82. The van der Waals surface area contributed by atoms with E-state index in [1.165, 1.54) is 44.9 Å². The van der Waals surface area contributed by atoms with Gasteiger partial charge in [-0.15, -0.1) is 0 Å². The molecule has 1 saturated heterocycles. The zero-order valence-electron chi connectivity index (χ0n) is 15.2. The third-order valence-electron chi connectivity index (χ3n) is 4.24. The van der Waals surface area contributed by atoms with Crippen LogP contribution >= 0.6 is 0 Å². The lowest BCUT2D eigenvalue weighted by Gasteiger charge is -2.28. The first kappa shape index (κ1) is 20.4. The van der Waals surface area contributed by atoms with Gasteiger partial charge in [0, 0.05) is 6.42 Å². The number of carbonyl (C=O) groups is 1. The summed E-state index contributed by atoms with van der Waals surface area (Å²) in [6.45, 7) is 5.28. The van der Waals surface area contributed by atoms with Crippen LogP contribution in [-0.2, 0) is 19.0 Å². The molecular weight excluding hydrogens is 292 g/mol. The summed E-state index contributed by atoms with van der Waals surface area (Å²) in [4.78, 5) is 11.8. The van der Waals surface area contributed by atoms with Crippen molar-refractivity contribution < 1.29 is 19.0 Å². The van der Waals surface area contributed by atoms with Gasteiger partial charge in [-0.25, -0.2) is 0 Å². The van der Waals surface area contributed by atoms with E-state index in [-0.39, 0.29) is 18.4 Å². The number of unbranched alkanes of at least 4 members (excludes halogenated alkanes) is 8. The predicted octanol–water partition coefficient (Wildman–Crippen LogP) is 4.99. The normalized spacial score (nSPS) is 21.3. The van der Waals surface area contributed by atoms with Crippen molar-refractivity contribution in [3.05, 3.63) is 0 Å². The zero-order chi connectivity index (χ0) is 16.8. The van der Waals surface area contributed by atoms with Gasteiger partial charge >= 0.3 is 5.97 Å². The van der Waals surface area contributed by atoms with Crippen LogP contribution in [0.1, 0.15) is 90.9 Å². The number of rotatable bonds is 13. The van der Waals surface area contributed by atoms with E-state index < -0.39 is 0 Å². The summed E-state index contributed by atoms with van der Waals surface area (Å²) in [6.07, 6.45) is 13.4. The Morgan fingerprint density at radius 1 is 0.870 bits per heavy atom. The minimum atomic E-state index is -0.228. The van der Waals surface area contributed by atoms with Crippen molar-refractivity contribution in [1.82, 2.24) is 0 Å². The number of carbonyl (C=O) groups excluding carboxylic acids is 1. The van der Waals surface area contributed by atoms with E-state index >= 15 is 0 Å². The highest BCUT2D eigenvalue weighted by atomic mass is 16.7. The summed E-state index contributed by atoms with van der Waals surface area (Å²) in [5.41, 5.74) is 0. The van der Waals surface area contributed by atoms with Gasteiger partial charge in [-0.3, -0.25) is 4.79 Å². The van der Waals surface area contributed by atoms with Crippen LogP contribution in [0.2, 0.25) is 0 Å². The van der Waals surface area contributed by atoms with E-state index in [9.17, 15) is 4.79 Å². The van der Waals surface area contributed by atoms with Gasteiger partial charge in [-0.05, 0) is 12.8 Å². The molecule has 0 unspecified atom stereocenters. The lowest BCUT2D eigenvalue weighted by Crippen LogP contribution is -2.38. The Balaban J connectivity index is 1.91. The molecule has 0 radical (unpaired) electrons. The molecule has 0 amide bonds. The first-order chi connectivity index (χ1) is 11.3. The Morgan fingerprint density at radius 2 is 1.43 bits per heavy atom. The first-order valence-electron chi connectivity index (χ1n) is 9.69. The number of hydrogen-bond acceptors (Lipinski definition) is 4. The zero-order valence-corrected chi connectivity index (χ0v) is 15.2. The molecule has 136 valence electrons. The summed E-state index contributed by atoms with van der Waals surface area (Å²) >= 11 is 0. The minimum Gasteiger partial charge on any atom is -0.457 e.